The summed E-state index contributed by atoms with van der Waals surface area (Å²) in [7, 11) is 0. The Morgan fingerprint density at radius 2 is 1.79 bits per heavy atom. The number of rotatable bonds is 8. The van der Waals surface area contributed by atoms with E-state index in [1.807, 2.05) is 11.8 Å². The molecule has 3 nitrogen and oxygen atoms in total. The zero-order valence-electron chi connectivity index (χ0n) is 11.0. The number of ketones is 1. The van der Waals surface area contributed by atoms with Crippen LogP contribution in [0.15, 0.2) is 18.2 Å². The summed E-state index contributed by atoms with van der Waals surface area (Å²) in [6.45, 7) is 3.80. The molecule has 0 radical (unpaired) electrons. The monoisotopic (exact) mass is 271 g/mol. The van der Waals surface area contributed by atoms with Crippen molar-refractivity contribution < 1.29 is 18.7 Å². The van der Waals surface area contributed by atoms with E-state index in [0.717, 1.165) is 31.2 Å². The largest absolute Gasteiger partial charge is 0.395 e. The van der Waals surface area contributed by atoms with Crippen LogP contribution >= 0.6 is 0 Å². The van der Waals surface area contributed by atoms with E-state index >= 15 is 0 Å². The van der Waals surface area contributed by atoms with Crippen molar-refractivity contribution in [2.75, 3.05) is 26.2 Å². The third-order valence-electron chi connectivity index (χ3n) is 2.80. The fourth-order valence-corrected chi connectivity index (χ4v) is 1.91. The van der Waals surface area contributed by atoms with Crippen LogP contribution in [0, 0.1) is 11.6 Å². The smallest absolute Gasteiger partial charge is 0.164 e. The van der Waals surface area contributed by atoms with Crippen molar-refractivity contribution in [3.63, 3.8) is 0 Å². The van der Waals surface area contributed by atoms with Crippen LogP contribution in [0.1, 0.15) is 30.1 Å². The van der Waals surface area contributed by atoms with E-state index in [2.05, 4.69) is 0 Å². The highest BCUT2D eigenvalue weighted by Gasteiger charge is 2.11. The zero-order valence-corrected chi connectivity index (χ0v) is 11.0. The highest BCUT2D eigenvalue weighted by atomic mass is 19.1. The number of aliphatic hydroxyl groups excluding tert-OH is 1. The molecule has 106 valence electrons. The molecular weight excluding hydrogens is 252 g/mol. The number of carbonyl (C=O) groups is 1. The number of carbonyl (C=O) groups excluding carboxylic acids is 1. The third kappa shape index (κ3) is 5.44. The normalized spacial score (nSPS) is 11.0. The summed E-state index contributed by atoms with van der Waals surface area (Å²) < 4.78 is 26.0. The summed E-state index contributed by atoms with van der Waals surface area (Å²) in [5.74, 6) is -1.79. The van der Waals surface area contributed by atoms with Gasteiger partial charge in [-0.25, -0.2) is 8.78 Å². The van der Waals surface area contributed by atoms with E-state index < -0.39 is 11.6 Å². The first-order chi connectivity index (χ1) is 9.06. The Morgan fingerprint density at radius 1 is 1.16 bits per heavy atom. The molecule has 0 aliphatic rings. The maximum atomic E-state index is 13.0. The van der Waals surface area contributed by atoms with Crippen LogP contribution in [0.5, 0.6) is 0 Å². The molecule has 0 saturated carbocycles. The minimum Gasteiger partial charge on any atom is -0.395 e. The molecule has 0 bridgehead atoms. The number of nitrogens with zero attached hydrogens (tertiary/aromatic N) is 1. The molecule has 0 fully saturated rings. The van der Waals surface area contributed by atoms with Gasteiger partial charge in [-0.2, -0.15) is 0 Å². The topological polar surface area (TPSA) is 40.5 Å². The maximum absolute atomic E-state index is 13.0. The molecule has 1 aromatic carbocycles. The lowest BCUT2D eigenvalue weighted by molar-refractivity contribution is 0.0956. The highest BCUT2D eigenvalue weighted by Crippen LogP contribution is 2.10. The molecule has 0 aromatic heterocycles. The molecule has 0 atom stereocenters. The number of Topliss-reactive ketones (excluding diaryl/α,β-unsaturated/α-hetero) is 1. The molecule has 19 heavy (non-hydrogen) atoms. The summed E-state index contributed by atoms with van der Waals surface area (Å²) in [5.41, 5.74) is 0.0537. The Hall–Kier alpha value is -1.33. The second kappa shape index (κ2) is 7.96. The lowest BCUT2D eigenvalue weighted by atomic mass is 10.1. The molecule has 1 aromatic rings. The van der Waals surface area contributed by atoms with Crippen molar-refractivity contribution in [2.45, 2.75) is 19.8 Å². The van der Waals surface area contributed by atoms with Crippen molar-refractivity contribution in [1.29, 1.82) is 0 Å². The molecule has 5 heteroatoms. The third-order valence-corrected chi connectivity index (χ3v) is 2.80. The molecule has 0 aliphatic carbocycles. The molecule has 0 heterocycles. The number of hydrogen-bond donors (Lipinski definition) is 1. The van der Waals surface area contributed by atoms with Gasteiger partial charge in [0, 0.05) is 31.1 Å². The van der Waals surface area contributed by atoms with Gasteiger partial charge in [-0.05, 0) is 25.1 Å². The number of hydrogen-bond acceptors (Lipinski definition) is 3. The van der Waals surface area contributed by atoms with Crippen LogP contribution in [-0.2, 0) is 0 Å². The van der Waals surface area contributed by atoms with Gasteiger partial charge in [0.15, 0.2) is 5.78 Å². The molecule has 0 spiro atoms. The second-order valence-electron chi connectivity index (χ2n) is 4.40. The Labute approximate surface area is 111 Å². The van der Waals surface area contributed by atoms with Crippen LogP contribution in [0.4, 0.5) is 8.78 Å². The first-order valence-corrected chi connectivity index (χ1v) is 6.39. The van der Waals surface area contributed by atoms with E-state index in [1.165, 1.54) is 0 Å². The Kier molecular flexibility index (Phi) is 6.59. The van der Waals surface area contributed by atoms with Crippen LogP contribution in [0.3, 0.4) is 0 Å². The van der Waals surface area contributed by atoms with Crippen LogP contribution in [0.25, 0.3) is 0 Å². The highest BCUT2D eigenvalue weighted by molar-refractivity contribution is 5.96. The summed E-state index contributed by atoms with van der Waals surface area (Å²) in [5, 5.41) is 8.89. The average Bonchev–Trinajstić information content (AvgIpc) is 2.35. The molecule has 0 saturated heterocycles. The van der Waals surface area contributed by atoms with E-state index in [9.17, 15) is 13.6 Å². The van der Waals surface area contributed by atoms with Gasteiger partial charge in [0.2, 0.25) is 0 Å². The Balaban J connectivity index is 2.58. The van der Waals surface area contributed by atoms with Crippen molar-refractivity contribution in [3.05, 3.63) is 35.4 Å². The molecule has 1 rings (SSSR count). The standard InChI is InChI=1S/C14H19F2NO2/c1-2-4-17(6-7-18)5-3-14(19)11-8-12(15)10-13(16)9-11/h8-10,18H,2-7H2,1H3. The maximum Gasteiger partial charge on any atom is 0.164 e. The molecular formula is C14H19F2NO2. The van der Waals surface area contributed by atoms with Crippen LogP contribution < -0.4 is 0 Å². The number of aliphatic hydroxyl groups is 1. The van der Waals surface area contributed by atoms with Gasteiger partial charge in [-0.3, -0.25) is 4.79 Å². The molecule has 1 N–H and O–H groups in total. The first-order valence-electron chi connectivity index (χ1n) is 6.39. The van der Waals surface area contributed by atoms with Crippen LogP contribution in [-0.4, -0.2) is 42.0 Å². The molecule has 0 amide bonds. The summed E-state index contributed by atoms with van der Waals surface area (Å²) in [4.78, 5) is 13.8. The minimum atomic E-state index is -0.746. The fraction of sp³-hybridized carbons (Fsp3) is 0.500. The van der Waals surface area contributed by atoms with E-state index in [0.29, 0.717) is 13.1 Å². The van der Waals surface area contributed by atoms with E-state index in [4.69, 9.17) is 5.11 Å². The predicted octanol–water partition coefficient (Wildman–Crippen LogP) is 2.24. The average molecular weight is 271 g/mol. The Morgan fingerprint density at radius 3 is 2.32 bits per heavy atom. The minimum absolute atomic E-state index is 0.0305. The summed E-state index contributed by atoms with van der Waals surface area (Å²) in [6.07, 6.45) is 1.10. The van der Waals surface area contributed by atoms with E-state index in [1.54, 1.807) is 0 Å². The van der Waals surface area contributed by atoms with Gasteiger partial charge in [-0.1, -0.05) is 6.92 Å². The van der Waals surface area contributed by atoms with Crippen molar-refractivity contribution in [1.82, 2.24) is 4.90 Å². The second-order valence-corrected chi connectivity index (χ2v) is 4.40. The van der Waals surface area contributed by atoms with Crippen LogP contribution in [0.2, 0.25) is 0 Å². The van der Waals surface area contributed by atoms with Crippen molar-refractivity contribution in [3.8, 4) is 0 Å². The predicted molar refractivity (Wildman–Crippen MR) is 69.1 cm³/mol. The van der Waals surface area contributed by atoms with Gasteiger partial charge in [-0.15, -0.1) is 0 Å². The lowest BCUT2D eigenvalue weighted by Crippen LogP contribution is -2.30. The number of halogens is 2. The van der Waals surface area contributed by atoms with Gasteiger partial charge >= 0.3 is 0 Å². The van der Waals surface area contributed by atoms with Crippen molar-refractivity contribution >= 4 is 5.78 Å². The first kappa shape index (κ1) is 15.7. The summed E-state index contributed by atoms with van der Waals surface area (Å²) >= 11 is 0. The molecule has 0 unspecified atom stereocenters. The summed E-state index contributed by atoms with van der Waals surface area (Å²) in [6, 6.07) is 2.83. The SMILES string of the molecule is CCCN(CCO)CCC(=O)c1cc(F)cc(F)c1. The van der Waals surface area contributed by atoms with E-state index in [-0.39, 0.29) is 24.4 Å². The molecule has 0 aliphatic heterocycles. The van der Waals surface area contributed by atoms with Crippen molar-refractivity contribution in [2.24, 2.45) is 0 Å². The van der Waals surface area contributed by atoms with Gasteiger partial charge in [0.25, 0.3) is 0 Å². The van der Waals surface area contributed by atoms with Gasteiger partial charge in [0.1, 0.15) is 11.6 Å². The van der Waals surface area contributed by atoms with Gasteiger partial charge < -0.3 is 10.0 Å². The fourth-order valence-electron chi connectivity index (χ4n) is 1.91. The van der Waals surface area contributed by atoms with Gasteiger partial charge in [0.05, 0.1) is 6.61 Å². The lowest BCUT2D eigenvalue weighted by Gasteiger charge is -2.19. The zero-order chi connectivity index (χ0) is 14.3. The quantitative estimate of drug-likeness (QED) is 0.737. The Bertz CT molecular complexity index is 398. The number of benzene rings is 1.